The molecule has 0 nitrogen and oxygen atoms in total. The molecule has 0 unspecified atom stereocenters. The van der Waals surface area contributed by atoms with E-state index in [4.69, 9.17) is 0 Å². The highest BCUT2D eigenvalue weighted by molar-refractivity contribution is 8.77. The standard InChI is InChI=1S/C10H22S2/c1-7-11-12-10(5,6)8-9(2,3)4/h7-8H2,1-6H3. The van der Waals surface area contributed by atoms with Gasteiger partial charge in [-0.3, -0.25) is 0 Å². The van der Waals surface area contributed by atoms with Crippen molar-refractivity contribution < 1.29 is 0 Å². The molecule has 0 spiro atoms. The molecule has 0 aliphatic rings. The van der Waals surface area contributed by atoms with E-state index in [9.17, 15) is 0 Å². The predicted octanol–water partition coefficient (Wildman–Crippen LogP) is 4.60. The lowest BCUT2D eigenvalue weighted by Gasteiger charge is -2.31. The van der Waals surface area contributed by atoms with Gasteiger partial charge in [-0.05, 0) is 25.7 Å². The molecule has 0 N–H and O–H groups in total. The highest BCUT2D eigenvalue weighted by Crippen LogP contribution is 2.42. The van der Waals surface area contributed by atoms with Gasteiger partial charge in [0.2, 0.25) is 0 Å². The van der Waals surface area contributed by atoms with E-state index in [-0.39, 0.29) is 0 Å². The SMILES string of the molecule is CCSSC(C)(C)CC(C)(C)C. The van der Waals surface area contributed by atoms with Crippen LogP contribution in [0.4, 0.5) is 0 Å². The van der Waals surface area contributed by atoms with E-state index < -0.39 is 0 Å². The quantitative estimate of drug-likeness (QED) is 0.616. The summed E-state index contributed by atoms with van der Waals surface area (Å²) in [7, 11) is 3.99. The molecule has 2 heteroatoms. The maximum absolute atomic E-state index is 2.34. The Labute approximate surface area is 85.7 Å². The lowest BCUT2D eigenvalue weighted by Crippen LogP contribution is -2.22. The van der Waals surface area contributed by atoms with Crippen molar-refractivity contribution >= 4 is 21.6 Å². The summed E-state index contributed by atoms with van der Waals surface area (Å²) in [6, 6.07) is 0. The van der Waals surface area contributed by atoms with Gasteiger partial charge in [0, 0.05) is 10.5 Å². The maximum atomic E-state index is 2.34. The van der Waals surface area contributed by atoms with Gasteiger partial charge in [0.15, 0.2) is 0 Å². The Morgan fingerprint density at radius 1 is 1.00 bits per heavy atom. The van der Waals surface area contributed by atoms with E-state index in [1.165, 1.54) is 12.2 Å². The van der Waals surface area contributed by atoms with Gasteiger partial charge < -0.3 is 0 Å². The van der Waals surface area contributed by atoms with Crippen molar-refractivity contribution in [2.45, 2.75) is 52.7 Å². The number of hydrogen-bond donors (Lipinski definition) is 0. The Balaban J connectivity index is 3.86. The van der Waals surface area contributed by atoms with Crippen molar-refractivity contribution in [1.29, 1.82) is 0 Å². The monoisotopic (exact) mass is 206 g/mol. The highest BCUT2D eigenvalue weighted by atomic mass is 33.1. The molecule has 74 valence electrons. The van der Waals surface area contributed by atoms with Crippen LogP contribution in [0.25, 0.3) is 0 Å². The van der Waals surface area contributed by atoms with Crippen LogP contribution in [0.2, 0.25) is 0 Å². The summed E-state index contributed by atoms with van der Waals surface area (Å²) in [6.45, 7) is 13.8. The van der Waals surface area contributed by atoms with Gasteiger partial charge in [0.1, 0.15) is 0 Å². The lowest BCUT2D eigenvalue weighted by molar-refractivity contribution is 0.340. The first-order valence-electron chi connectivity index (χ1n) is 4.57. The molecule has 0 aromatic rings. The molecule has 0 radical (unpaired) electrons. The van der Waals surface area contributed by atoms with Gasteiger partial charge in [0.05, 0.1) is 0 Å². The van der Waals surface area contributed by atoms with Crippen LogP contribution in [0, 0.1) is 5.41 Å². The highest BCUT2D eigenvalue weighted by Gasteiger charge is 2.25. The summed E-state index contributed by atoms with van der Waals surface area (Å²) >= 11 is 0. The summed E-state index contributed by atoms with van der Waals surface area (Å²) in [4.78, 5) is 0. The molecule has 0 aliphatic carbocycles. The zero-order valence-corrected chi connectivity index (χ0v) is 10.9. The van der Waals surface area contributed by atoms with Crippen molar-refractivity contribution in [3.8, 4) is 0 Å². The second kappa shape index (κ2) is 4.80. The van der Waals surface area contributed by atoms with Crippen molar-refractivity contribution in [3.05, 3.63) is 0 Å². The molecule has 0 aromatic carbocycles. The minimum Gasteiger partial charge on any atom is -0.0939 e. The Morgan fingerprint density at radius 2 is 1.50 bits per heavy atom. The molecule has 0 bridgehead atoms. The fourth-order valence-corrected chi connectivity index (χ4v) is 3.94. The first-order chi connectivity index (χ1) is 5.27. The minimum absolute atomic E-state index is 0.416. The molecule has 0 fully saturated rings. The van der Waals surface area contributed by atoms with E-state index in [1.807, 2.05) is 21.6 Å². The van der Waals surface area contributed by atoms with Gasteiger partial charge in [-0.25, -0.2) is 0 Å². The van der Waals surface area contributed by atoms with Crippen LogP contribution in [0.15, 0.2) is 0 Å². The second-order valence-electron chi connectivity index (χ2n) is 4.99. The molecule has 0 aromatic heterocycles. The summed E-state index contributed by atoms with van der Waals surface area (Å²) in [5, 5.41) is 0. The third-order valence-corrected chi connectivity index (χ3v) is 4.72. The summed E-state index contributed by atoms with van der Waals surface area (Å²) in [6.07, 6.45) is 1.28. The Hall–Kier alpha value is 0.700. The fourth-order valence-electron chi connectivity index (χ4n) is 1.53. The van der Waals surface area contributed by atoms with Crippen molar-refractivity contribution in [3.63, 3.8) is 0 Å². The number of rotatable bonds is 4. The molecule has 0 amide bonds. The van der Waals surface area contributed by atoms with Crippen LogP contribution in [-0.2, 0) is 0 Å². The normalized spacial score (nSPS) is 13.5. The largest absolute Gasteiger partial charge is 0.0939 e. The van der Waals surface area contributed by atoms with Crippen LogP contribution in [0.3, 0.4) is 0 Å². The van der Waals surface area contributed by atoms with Gasteiger partial charge in [-0.15, -0.1) is 0 Å². The first kappa shape index (κ1) is 12.7. The molecule has 0 rings (SSSR count). The van der Waals surface area contributed by atoms with Crippen LogP contribution in [0.1, 0.15) is 48.0 Å². The van der Waals surface area contributed by atoms with Crippen molar-refractivity contribution in [2.24, 2.45) is 5.41 Å². The van der Waals surface area contributed by atoms with Crippen LogP contribution < -0.4 is 0 Å². The van der Waals surface area contributed by atoms with Gasteiger partial charge >= 0.3 is 0 Å². The molecule has 0 aliphatic heterocycles. The van der Waals surface area contributed by atoms with E-state index in [2.05, 4.69) is 41.5 Å². The lowest BCUT2D eigenvalue weighted by atomic mass is 9.86. The molecular weight excluding hydrogens is 184 g/mol. The Morgan fingerprint density at radius 3 is 1.83 bits per heavy atom. The predicted molar refractivity (Wildman–Crippen MR) is 63.9 cm³/mol. The minimum atomic E-state index is 0.416. The zero-order chi connectivity index (χ0) is 9.83. The molecule has 0 saturated heterocycles. The summed E-state index contributed by atoms with van der Waals surface area (Å²) < 4.78 is 0.416. The molecule has 12 heavy (non-hydrogen) atoms. The van der Waals surface area contributed by atoms with Crippen LogP contribution in [-0.4, -0.2) is 10.5 Å². The van der Waals surface area contributed by atoms with Gasteiger partial charge in [0.25, 0.3) is 0 Å². The van der Waals surface area contributed by atoms with Gasteiger partial charge in [-0.1, -0.05) is 49.3 Å². The van der Waals surface area contributed by atoms with E-state index in [0.29, 0.717) is 10.2 Å². The van der Waals surface area contributed by atoms with Crippen LogP contribution >= 0.6 is 21.6 Å². The van der Waals surface area contributed by atoms with Crippen molar-refractivity contribution in [1.82, 2.24) is 0 Å². The smallest absolute Gasteiger partial charge is 0.0212 e. The van der Waals surface area contributed by atoms with Crippen LogP contribution in [0.5, 0.6) is 0 Å². The summed E-state index contributed by atoms with van der Waals surface area (Å²) in [5.74, 6) is 1.21. The molecule has 0 atom stereocenters. The summed E-state index contributed by atoms with van der Waals surface area (Å²) in [5.41, 5.74) is 0.449. The second-order valence-corrected chi connectivity index (χ2v) is 8.28. The van der Waals surface area contributed by atoms with Crippen molar-refractivity contribution in [2.75, 3.05) is 5.75 Å². The third-order valence-electron chi connectivity index (χ3n) is 1.36. The Kier molecular flexibility index (Phi) is 5.08. The average molecular weight is 206 g/mol. The van der Waals surface area contributed by atoms with Gasteiger partial charge in [-0.2, -0.15) is 0 Å². The molecular formula is C10H22S2. The van der Waals surface area contributed by atoms with E-state index in [0.717, 1.165) is 0 Å². The Bertz CT molecular complexity index is 122. The average Bonchev–Trinajstić information content (AvgIpc) is 1.78. The number of hydrogen-bond acceptors (Lipinski definition) is 2. The van der Waals surface area contributed by atoms with E-state index in [1.54, 1.807) is 0 Å². The molecule has 0 saturated carbocycles. The zero-order valence-electron chi connectivity index (χ0n) is 9.23. The first-order valence-corrected chi connectivity index (χ1v) is 6.89. The van der Waals surface area contributed by atoms with E-state index >= 15 is 0 Å². The maximum Gasteiger partial charge on any atom is 0.0212 e. The third kappa shape index (κ3) is 7.35. The fraction of sp³-hybridized carbons (Fsp3) is 1.00. The topological polar surface area (TPSA) is 0 Å². The molecule has 0 heterocycles.